The number of aryl methyl sites for hydroxylation is 2. The molecule has 0 bridgehead atoms. The Morgan fingerprint density at radius 2 is 1.76 bits per heavy atom. The summed E-state index contributed by atoms with van der Waals surface area (Å²) in [7, 11) is 0. The first-order valence-electron chi connectivity index (χ1n) is 11.6. The number of hydrogen-bond donors (Lipinski definition) is 0. The maximum atomic E-state index is 12.8. The number of hydrogen-bond acceptors (Lipinski definition) is 6. The number of carbonyl (C=O) groups is 2. The van der Waals surface area contributed by atoms with Gasteiger partial charge in [-0.05, 0) is 31.0 Å². The Labute approximate surface area is 198 Å². The molecule has 3 aromatic rings. The number of benzene rings is 2. The minimum Gasteiger partial charge on any atom is -0.452 e. The normalized spacial score (nSPS) is 15.3. The van der Waals surface area contributed by atoms with Crippen molar-refractivity contribution in [1.29, 1.82) is 0 Å². The molecule has 178 valence electrons. The number of esters is 1. The fourth-order valence-corrected chi connectivity index (χ4v) is 4.24. The number of aromatic nitrogens is 2. The molecule has 1 aromatic heterocycles. The van der Waals surface area contributed by atoms with Gasteiger partial charge in [0, 0.05) is 39.3 Å². The van der Waals surface area contributed by atoms with Gasteiger partial charge in [0.2, 0.25) is 0 Å². The molecule has 0 saturated carbocycles. The second-order valence-electron chi connectivity index (χ2n) is 8.68. The third-order valence-corrected chi connectivity index (χ3v) is 6.20. The predicted molar refractivity (Wildman–Crippen MR) is 129 cm³/mol. The van der Waals surface area contributed by atoms with Gasteiger partial charge < -0.3 is 9.64 Å². The molecule has 1 atom stereocenters. The summed E-state index contributed by atoms with van der Waals surface area (Å²) in [4.78, 5) is 46.2. The van der Waals surface area contributed by atoms with Gasteiger partial charge in [0.25, 0.3) is 11.5 Å². The van der Waals surface area contributed by atoms with Crippen molar-refractivity contribution < 1.29 is 14.3 Å². The number of para-hydroxylation sites is 1. The molecule has 8 nitrogen and oxygen atoms in total. The van der Waals surface area contributed by atoms with E-state index in [-0.39, 0.29) is 24.4 Å². The van der Waals surface area contributed by atoms with Gasteiger partial charge >= 0.3 is 5.97 Å². The molecule has 2 heterocycles. The van der Waals surface area contributed by atoms with Crippen LogP contribution in [-0.2, 0) is 27.4 Å². The third-order valence-electron chi connectivity index (χ3n) is 6.20. The molecule has 8 heteroatoms. The van der Waals surface area contributed by atoms with Gasteiger partial charge in [0.15, 0.2) is 6.10 Å². The first-order chi connectivity index (χ1) is 16.4. The van der Waals surface area contributed by atoms with Crippen molar-refractivity contribution in [2.75, 3.05) is 26.2 Å². The molecule has 1 aliphatic heterocycles. The maximum Gasteiger partial charge on any atom is 0.308 e. The van der Waals surface area contributed by atoms with Crippen molar-refractivity contribution in [3.8, 4) is 0 Å². The van der Waals surface area contributed by atoms with Gasteiger partial charge in [-0.15, -0.1) is 0 Å². The fourth-order valence-electron chi connectivity index (χ4n) is 4.24. The van der Waals surface area contributed by atoms with Crippen LogP contribution in [0, 0.1) is 6.92 Å². The van der Waals surface area contributed by atoms with Gasteiger partial charge in [-0.3, -0.25) is 23.9 Å². The van der Waals surface area contributed by atoms with Crippen LogP contribution in [0.3, 0.4) is 0 Å². The second kappa shape index (κ2) is 10.6. The summed E-state index contributed by atoms with van der Waals surface area (Å²) in [5.74, 6) is -0.701. The summed E-state index contributed by atoms with van der Waals surface area (Å²) in [5.41, 5.74) is 2.64. The largest absolute Gasteiger partial charge is 0.452 e. The van der Waals surface area contributed by atoms with Crippen LogP contribution in [0.2, 0.25) is 0 Å². The number of amides is 1. The lowest BCUT2D eigenvalue weighted by atomic mass is 10.1. The van der Waals surface area contributed by atoms with Crippen molar-refractivity contribution in [3.05, 3.63) is 76.3 Å². The Hall–Kier alpha value is -3.52. The quantitative estimate of drug-likeness (QED) is 0.501. The van der Waals surface area contributed by atoms with Crippen molar-refractivity contribution in [3.63, 3.8) is 0 Å². The molecular weight excluding hydrogens is 432 g/mol. The smallest absolute Gasteiger partial charge is 0.308 e. The van der Waals surface area contributed by atoms with E-state index in [2.05, 4.69) is 22.0 Å². The highest BCUT2D eigenvalue weighted by Gasteiger charge is 2.27. The maximum absolute atomic E-state index is 12.8. The van der Waals surface area contributed by atoms with Crippen LogP contribution in [-0.4, -0.2) is 63.5 Å². The van der Waals surface area contributed by atoms with Crippen molar-refractivity contribution in [2.24, 2.45) is 0 Å². The predicted octanol–water partition coefficient (Wildman–Crippen LogP) is 2.37. The van der Waals surface area contributed by atoms with Crippen LogP contribution in [0.5, 0.6) is 0 Å². The Morgan fingerprint density at radius 3 is 2.50 bits per heavy atom. The summed E-state index contributed by atoms with van der Waals surface area (Å²) in [5, 5.41) is 0.519. The zero-order chi connectivity index (χ0) is 24.1. The van der Waals surface area contributed by atoms with Crippen LogP contribution < -0.4 is 5.56 Å². The van der Waals surface area contributed by atoms with Crippen LogP contribution >= 0.6 is 0 Å². The van der Waals surface area contributed by atoms with Crippen molar-refractivity contribution >= 4 is 22.8 Å². The topological polar surface area (TPSA) is 84.7 Å². The third kappa shape index (κ3) is 5.51. The highest BCUT2D eigenvalue weighted by Crippen LogP contribution is 2.12. The average molecular weight is 463 g/mol. The summed E-state index contributed by atoms with van der Waals surface area (Å²) >= 11 is 0. The molecule has 2 aromatic carbocycles. The SMILES string of the molecule is Cc1cccc2c(=O)n(CCC(=O)OC(C)C(=O)N3CCN(Cc4ccccc4)CC3)cnc12. The van der Waals surface area contributed by atoms with E-state index in [1.807, 2.05) is 37.3 Å². The zero-order valence-corrected chi connectivity index (χ0v) is 19.6. The van der Waals surface area contributed by atoms with E-state index >= 15 is 0 Å². The van der Waals surface area contributed by atoms with E-state index in [0.717, 1.165) is 25.2 Å². The molecule has 1 unspecified atom stereocenters. The van der Waals surface area contributed by atoms with E-state index in [4.69, 9.17) is 4.74 Å². The van der Waals surface area contributed by atoms with E-state index in [0.29, 0.717) is 24.0 Å². The molecule has 0 N–H and O–H groups in total. The van der Waals surface area contributed by atoms with E-state index in [1.165, 1.54) is 16.5 Å². The molecule has 1 aliphatic rings. The molecule has 4 rings (SSSR count). The standard InChI is InChI=1S/C26H30N4O4/c1-19-7-6-10-22-24(19)27-18-30(26(22)33)12-11-23(31)34-20(2)25(32)29-15-13-28(14-16-29)17-21-8-4-3-5-9-21/h3-10,18,20H,11-17H2,1-2H3. The first kappa shape index (κ1) is 23.6. The zero-order valence-electron chi connectivity index (χ0n) is 19.6. The number of piperazine rings is 1. The van der Waals surface area contributed by atoms with Crippen molar-refractivity contribution in [2.45, 2.75) is 39.5 Å². The van der Waals surface area contributed by atoms with Crippen LogP contribution in [0.1, 0.15) is 24.5 Å². The minimum atomic E-state index is -0.859. The van der Waals surface area contributed by atoms with Crippen LogP contribution in [0.15, 0.2) is 59.7 Å². The molecular formula is C26H30N4O4. The van der Waals surface area contributed by atoms with Crippen LogP contribution in [0.25, 0.3) is 10.9 Å². The summed E-state index contributed by atoms with van der Waals surface area (Å²) in [6.45, 7) is 7.26. The van der Waals surface area contributed by atoms with Gasteiger partial charge in [-0.2, -0.15) is 0 Å². The second-order valence-corrected chi connectivity index (χ2v) is 8.68. The van der Waals surface area contributed by atoms with Gasteiger partial charge in [-0.1, -0.05) is 42.5 Å². The molecule has 1 fully saturated rings. The lowest BCUT2D eigenvalue weighted by Crippen LogP contribution is -2.51. The van der Waals surface area contributed by atoms with Gasteiger partial charge in [-0.25, -0.2) is 4.98 Å². The fraction of sp³-hybridized carbons (Fsp3) is 0.385. The number of carbonyl (C=O) groups excluding carboxylic acids is 2. The lowest BCUT2D eigenvalue weighted by molar-refractivity contribution is -0.160. The van der Waals surface area contributed by atoms with Gasteiger partial charge in [0.05, 0.1) is 23.7 Å². The monoisotopic (exact) mass is 462 g/mol. The lowest BCUT2D eigenvalue weighted by Gasteiger charge is -2.35. The molecule has 0 spiro atoms. The average Bonchev–Trinajstić information content (AvgIpc) is 2.85. The van der Waals surface area contributed by atoms with Gasteiger partial charge in [0.1, 0.15) is 0 Å². The number of nitrogens with zero attached hydrogens (tertiary/aromatic N) is 4. The Kier molecular flexibility index (Phi) is 7.37. The van der Waals surface area contributed by atoms with E-state index in [1.54, 1.807) is 17.9 Å². The molecule has 1 amide bonds. The first-order valence-corrected chi connectivity index (χ1v) is 11.6. The number of rotatable bonds is 7. The summed E-state index contributed by atoms with van der Waals surface area (Å²) < 4.78 is 6.78. The minimum absolute atomic E-state index is 0.0125. The Balaban J connectivity index is 1.25. The summed E-state index contributed by atoms with van der Waals surface area (Å²) in [6.07, 6.45) is 0.581. The number of fused-ring (bicyclic) bond motifs is 1. The van der Waals surface area contributed by atoms with Crippen LogP contribution in [0.4, 0.5) is 0 Å². The number of ether oxygens (including phenoxy) is 1. The molecule has 34 heavy (non-hydrogen) atoms. The summed E-state index contributed by atoms with van der Waals surface area (Å²) in [6, 6.07) is 15.7. The highest BCUT2D eigenvalue weighted by atomic mass is 16.5. The van der Waals surface area contributed by atoms with Crippen molar-refractivity contribution in [1.82, 2.24) is 19.4 Å². The Bertz CT molecular complexity index is 1220. The highest BCUT2D eigenvalue weighted by molar-refractivity contribution is 5.83. The van der Waals surface area contributed by atoms with E-state index in [9.17, 15) is 14.4 Å². The molecule has 1 saturated heterocycles. The van der Waals surface area contributed by atoms with E-state index < -0.39 is 12.1 Å². The molecule has 0 aliphatic carbocycles. The Morgan fingerprint density at radius 1 is 1.03 bits per heavy atom. The molecule has 0 radical (unpaired) electrons.